The van der Waals surface area contributed by atoms with Gasteiger partial charge in [0.2, 0.25) is 10.0 Å². The van der Waals surface area contributed by atoms with Crippen LogP contribution in [0.3, 0.4) is 0 Å². The largest absolute Gasteiger partial charge is 0.450 e. The van der Waals surface area contributed by atoms with E-state index in [0.717, 1.165) is 21.7 Å². The summed E-state index contributed by atoms with van der Waals surface area (Å²) in [5, 5.41) is 5.59. The van der Waals surface area contributed by atoms with Crippen molar-refractivity contribution in [3.8, 4) is 0 Å². The zero-order chi connectivity index (χ0) is 22.4. The van der Waals surface area contributed by atoms with Gasteiger partial charge in [0.1, 0.15) is 5.58 Å². The van der Waals surface area contributed by atoms with Gasteiger partial charge >= 0.3 is 0 Å². The smallest absolute Gasteiger partial charge is 0.291 e. The van der Waals surface area contributed by atoms with E-state index in [2.05, 4.69) is 10.0 Å². The van der Waals surface area contributed by atoms with Crippen LogP contribution in [0.1, 0.15) is 36.9 Å². The van der Waals surface area contributed by atoms with Crippen molar-refractivity contribution in [2.45, 2.75) is 38.1 Å². The van der Waals surface area contributed by atoms with Gasteiger partial charge in [-0.1, -0.05) is 42.5 Å². The van der Waals surface area contributed by atoms with Crippen LogP contribution >= 0.6 is 0 Å². The molecule has 3 aromatic carbocycles. The lowest BCUT2D eigenvalue weighted by Gasteiger charge is -2.20. The van der Waals surface area contributed by atoms with Crippen LogP contribution in [0.25, 0.3) is 21.7 Å². The maximum atomic E-state index is 13.0. The Bertz CT molecular complexity index is 1410. The summed E-state index contributed by atoms with van der Waals surface area (Å²) in [6.07, 6.45) is 0. The molecule has 6 nitrogen and oxygen atoms in total. The first-order chi connectivity index (χ1) is 14.5. The van der Waals surface area contributed by atoms with Gasteiger partial charge in [-0.3, -0.25) is 4.79 Å². The van der Waals surface area contributed by atoms with Crippen molar-refractivity contribution < 1.29 is 17.6 Å². The zero-order valence-corrected chi connectivity index (χ0v) is 18.6. The molecule has 0 radical (unpaired) electrons. The molecule has 0 atom stereocenters. The van der Waals surface area contributed by atoms with E-state index in [4.69, 9.17) is 4.42 Å². The number of carbonyl (C=O) groups excluding carboxylic acids is 1. The Morgan fingerprint density at radius 3 is 2.42 bits per heavy atom. The third-order valence-electron chi connectivity index (χ3n) is 4.88. The quantitative estimate of drug-likeness (QED) is 0.459. The molecule has 7 heteroatoms. The Kier molecular flexibility index (Phi) is 5.11. The number of carbonyl (C=O) groups is 1. The van der Waals surface area contributed by atoms with Crippen molar-refractivity contribution in [2.75, 3.05) is 5.32 Å². The predicted molar refractivity (Wildman–Crippen MR) is 123 cm³/mol. The molecule has 4 aromatic rings. The van der Waals surface area contributed by atoms with Crippen LogP contribution in [0, 0.1) is 6.92 Å². The Balaban J connectivity index is 1.67. The first-order valence-corrected chi connectivity index (χ1v) is 11.4. The van der Waals surface area contributed by atoms with Crippen LogP contribution in [-0.2, 0) is 10.0 Å². The molecule has 0 bridgehead atoms. The van der Waals surface area contributed by atoms with Gasteiger partial charge in [0.15, 0.2) is 5.76 Å². The van der Waals surface area contributed by atoms with E-state index in [1.807, 2.05) is 43.3 Å². The molecule has 1 aromatic heterocycles. The summed E-state index contributed by atoms with van der Waals surface area (Å²) in [4.78, 5) is 13.0. The van der Waals surface area contributed by atoms with Crippen molar-refractivity contribution in [2.24, 2.45) is 0 Å². The number of fused-ring (bicyclic) bond motifs is 3. The second-order valence-electron chi connectivity index (χ2n) is 8.56. The van der Waals surface area contributed by atoms with Crippen LogP contribution in [-0.4, -0.2) is 19.9 Å². The summed E-state index contributed by atoms with van der Waals surface area (Å²) in [5.41, 5.74) is 1.14. The van der Waals surface area contributed by atoms with Gasteiger partial charge in [-0.25, -0.2) is 13.1 Å². The highest BCUT2D eigenvalue weighted by Crippen LogP contribution is 2.32. The Hall–Kier alpha value is -3.16. The molecule has 4 rings (SSSR count). The van der Waals surface area contributed by atoms with E-state index in [1.54, 1.807) is 32.9 Å². The standard InChI is InChI=1S/C24H24N2O4S/c1-15-19-13-12-16-8-5-6-11-20(16)22(19)30-21(15)23(27)25-17-9-7-10-18(14-17)31(28,29)26-24(2,3)4/h5-14,26H,1-4H3,(H,25,27). The molecular weight excluding hydrogens is 412 g/mol. The molecule has 0 aliphatic heterocycles. The third kappa shape index (κ3) is 4.19. The first kappa shape index (κ1) is 21.1. The summed E-state index contributed by atoms with van der Waals surface area (Å²) in [6.45, 7) is 7.14. The molecule has 0 saturated heterocycles. The second kappa shape index (κ2) is 7.51. The number of rotatable bonds is 4. The average molecular weight is 437 g/mol. The van der Waals surface area contributed by atoms with E-state index in [-0.39, 0.29) is 10.7 Å². The molecule has 0 aliphatic carbocycles. The van der Waals surface area contributed by atoms with E-state index in [0.29, 0.717) is 11.3 Å². The summed E-state index contributed by atoms with van der Waals surface area (Å²) in [5.74, 6) is -0.233. The topological polar surface area (TPSA) is 88.4 Å². The van der Waals surface area contributed by atoms with Crippen molar-refractivity contribution in [1.29, 1.82) is 0 Å². The third-order valence-corrected chi connectivity index (χ3v) is 6.63. The molecule has 31 heavy (non-hydrogen) atoms. The fraction of sp³-hybridized carbons (Fsp3) is 0.208. The number of furan rings is 1. The van der Waals surface area contributed by atoms with E-state index in [9.17, 15) is 13.2 Å². The van der Waals surface area contributed by atoms with Gasteiger partial charge < -0.3 is 9.73 Å². The lowest BCUT2D eigenvalue weighted by molar-refractivity contribution is 0.0998. The van der Waals surface area contributed by atoms with Gasteiger partial charge in [0.25, 0.3) is 5.91 Å². The molecule has 1 heterocycles. The number of anilines is 1. The number of amides is 1. The summed E-state index contributed by atoms with van der Waals surface area (Å²) < 4.78 is 33.8. The second-order valence-corrected chi connectivity index (χ2v) is 10.2. The fourth-order valence-electron chi connectivity index (χ4n) is 3.56. The van der Waals surface area contributed by atoms with Gasteiger partial charge in [0, 0.05) is 27.6 Å². The van der Waals surface area contributed by atoms with Gasteiger partial charge in [0.05, 0.1) is 4.90 Å². The maximum Gasteiger partial charge on any atom is 0.291 e. The summed E-state index contributed by atoms with van der Waals surface area (Å²) in [6, 6.07) is 17.9. The molecule has 2 N–H and O–H groups in total. The van der Waals surface area contributed by atoms with Crippen molar-refractivity contribution >= 4 is 43.4 Å². The molecular formula is C24H24N2O4S. The molecule has 0 saturated carbocycles. The SMILES string of the molecule is Cc1c(C(=O)Nc2cccc(S(=O)(=O)NC(C)(C)C)c2)oc2c1ccc1ccccc12. The van der Waals surface area contributed by atoms with Crippen molar-refractivity contribution in [3.63, 3.8) is 0 Å². The summed E-state index contributed by atoms with van der Waals surface area (Å²) >= 11 is 0. The Labute approximate surface area is 181 Å². The molecule has 0 unspecified atom stereocenters. The number of hydrogen-bond donors (Lipinski definition) is 2. The minimum atomic E-state index is -3.72. The number of hydrogen-bond acceptors (Lipinski definition) is 4. The van der Waals surface area contributed by atoms with Crippen LogP contribution in [0.2, 0.25) is 0 Å². The lowest BCUT2D eigenvalue weighted by atomic mass is 10.1. The number of aryl methyl sites for hydroxylation is 1. The predicted octanol–water partition coefficient (Wildman–Crippen LogP) is 5.22. The highest BCUT2D eigenvalue weighted by atomic mass is 32.2. The molecule has 0 spiro atoms. The number of nitrogens with one attached hydrogen (secondary N) is 2. The van der Waals surface area contributed by atoms with E-state index < -0.39 is 21.5 Å². The van der Waals surface area contributed by atoms with E-state index in [1.165, 1.54) is 12.1 Å². The molecule has 0 fully saturated rings. The van der Waals surface area contributed by atoms with Crippen LogP contribution in [0.5, 0.6) is 0 Å². The molecule has 0 aliphatic rings. The Morgan fingerprint density at radius 2 is 1.68 bits per heavy atom. The van der Waals surface area contributed by atoms with Crippen LogP contribution < -0.4 is 10.0 Å². The zero-order valence-electron chi connectivity index (χ0n) is 17.8. The van der Waals surface area contributed by atoms with Gasteiger partial charge in [-0.15, -0.1) is 0 Å². The molecule has 160 valence electrons. The molecule has 1 amide bonds. The fourth-order valence-corrected chi connectivity index (χ4v) is 5.02. The first-order valence-electron chi connectivity index (χ1n) is 9.91. The van der Waals surface area contributed by atoms with Crippen LogP contribution in [0.15, 0.2) is 70.0 Å². The van der Waals surface area contributed by atoms with Crippen molar-refractivity contribution in [3.05, 3.63) is 72.0 Å². The lowest BCUT2D eigenvalue weighted by Crippen LogP contribution is -2.40. The van der Waals surface area contributed by atoms with Crippen LogP contribution in [0.4, 0.5) is 5.69 Å². The minimum absolute atomic E-state index is 0.0764. The highest BCUT2D eigenvalue weighted by Gasteiger charge is 2.23. The highest BCUT2D eigenvalue weighted by molar-refractivity contribution is 7.89. The monoisotopic (exact) mass is 436 g/mol. The normalized spacial score (nSPS) is 12.4. The van der Waals surface area contributed by atoms with Gasteiger partial charge in [-0.05, 0) is 51.3 Å². The summed E-state index contributed by atoms with van der Waals surface area (Å²) in [7, 11) is -3.72. The van der Waals surface area contributed by atoms with Crippen molar-refractivity contribution in [1.82, 2.24) is 4.72 Å². The Morgan fingerprint density at radius 1 is 0.935 bits per heavy atom. The number of sulfonamides is 1. The number of benzene rings is 3. The van der Waals surface area contributed by atoms with E-state index >= 15 is 0 Å². The van der Waals surface area contributed by atoms with Gasteiger partial charge in [-0.2, -0.15) is 0 Å². The minimum Gasteiger partial charge on any atom is -0.450 e. The maximum absolute atomic E-state index is 13.0. The average Bonchev–Trinajstić information content (AvgIpc) is 3.04.